The minimum absolute atomic E-state index is 0.0868. The Kier molecular flexibility index (Phi) is 4.72. The van der Waals surface area contributed by atoms with E-state index in [0.29, 0.717) is 5.56 Å². The number of ketones is 1. The van der Waals surface area contributed by atoms with Gasteiger partial charge < -0.3 is 0 Å². The normalized spacial score (nSPS) is 11.2. The third kappa shape index (κ3) is 3.55. The molecule has 2 aromatic carbocycles. The zero-order valence-corrected chi connectivity index (χ0v) is 15.8. The molecule has 0 fully saturated rings. The fourth-order valence-electron chi connectivity index (χ4n) is 3.08. The first-order valence-corrected chi connectivity index (χ1v) is 9.04. The first kappa shape index (κ1) is 17.7. The number of aromatic nitrogens is 4. The molecule has 0 atom stereocenters. The van der Waals surface area contributed by atoms with E-state index in [0.717, 1.165) is 28.1 Å². The standard InChI is InChI=1S/C23H20N4O/c1-17-8-6-7-11-21(17)23-18(12-13-22(28)19-14-24-26(2)15-19)16-27(25-23)20-9-4-3-5-10-20/h3-16H,1-2H3/b13-12+. The molecule has 138 valence electrons. The monoisotopic (exact) mass is 368 g/mol. The SMILES string of the molecule is Cc1ccccc1-c1nn(-c2ccccc2)cc1/C=C/C(=O)c1cnn(C)c1. The first-order valence-electron chi connectivity index (χ1n) is 9.04. The number of nitrogens with zero attached hydrogens (tertiary/aromatic N) is 4. The first-order chi connectivity index (χ1) is 13.6. The van der Waals surface area contributed by atoms with Gasteiger partial charge in [-0.1, -0.05) is 42.5 Å². The van der Waals surface area contributed by atoms with Gasteiger partial charge in [0.25, 0.3) is 0 Å². The highest BCUT2D eigenvalue weighted by Crippen LogP contribution is 2.27. The highest BCUT2D eigenvalue weighted by atomic mass is 16.1. The second-order valence-electron chi connectivity index (χ2n) is 6.63. The van der Waals surface area contributed by atoms with Crippen LogP contribution in [-0.2, 0) is 7.05 Å². The van der Waals surface area contributed by atoms with Gasteiger partial charge in [-0.3, -0.25) is 9.48 Å². The zero-order chi connectivity index (χ0) is 19.5. The lowest BCUT2D eigenvalue weighted by Gasteiger charge is -2.03. The molecular formula is C23H20N4O. The van der Waals surface area contributed by atoms with Gasteiger partial charge in [0.2, 0.25) is 0 Å². The van der Waals surface area contributed by atoms with Crippen LogP contribution in [0.1, 0.15) is 21.5 Å². The van der Waals surface area contributed by atoms with Crippen molar-refractivity contribution in [1.29, 1.82) is 0 Å². The van der Waals surface area contributed by atoms with Crippen LogP contribution in [0.3, 0.4) is 0 Å². The van der Waals surface area contributed by atoms with Crippen LogP contribution in [0.15, 0.2) is 79.3 Å². The predicted molar refractivity (Wildman–Crippen MR) is 110 cm³/mol. The maximum Gasteiger partial charge on any atom is 0.189 e. The zero-order valence-electron chi connectivity index (χ0n) is 15.8. The Hall–Kier alpha value is -3.73. The summed E-state index contributed by atoms with van der Waals surface area (Å²) >= 11 is 0. The van der Waals surface area contributed by atoms with E-state index in [9.17, 15) is 4.79 Å². The Balaban J connectivity index is 1.76. The molecule has 0 amide bonds. The van der Waals surface area contributed by atoms with Crippen LogP contribution in [0.25, 0.3) is 23.0 Å². The van der Waals surface area contributed by atoms with Gasteiger partial charge in [-0.2, -0.15) is 10.2 Å². The topological polar surface area (TPSA) is 52.7 Å². The number of aryl methyl sites for hydroxylation is 2. The quantitative estimate of drug-likeness (QED) is 0.386. The molecule has 28 heavy (non-hydrogen) atoms. The molecule has 2 heterocycles. The maximum absolute atomic E-state index is 12.5. The van der Waals surface area contributed by atoms with Crippen LogP contribution in [0.2, 0.25) is 0 Å². The van der Waals surface area contributed by atoms with Crippen molar-refractivity contribution in [1.82, 2.24) is 19.6 Å². The average molecular weight is 368 g/mol. The van der Waals surface area contributed by atoms with Gasteiger partial charge >= 0.3 is 0 Å². The minimum atomic E-state index is -0.0868. The number of rotatable bonds is 5. The number of carbonyl (C=O) groups is 1. The summed E-state index contributed by atoms with van der Waals surface area (Å²) in [5, 5.41) is 8.86. The van der Waals surface area contributed by atoms with Crippen molar-refractivity contribution < 1.29 is 4.79 Å². The van der Waals surface area contributed by atoms with Crippen molar-refractivity contribution in [3.8, 4) is 16.9 Å². The maximum atomic E-state index is 12.5. The van der Waals surface area contributed by atoms with Gasteiger partial charge in [0, 0.05) is 30.6 Å². The number of benzene rings is 2. The summed E-state index contributed by atoms with van der Waals surface area (Å²) < 4.78 is 3.46. The van der Waals surface area contributed by atoms with E-state index < -0.39 is 0 Å². The summed E-state index contributed by atoms with van der Waals surface area (Å²) in [6, 6.07) is 18.1. The molecule has 5 nitrogen and oxygen atoms in total. The molecule has 2 aromatic heterocycles. The van der Waals surface area contributed by atoms with Crippen LogP contribution in [0.4, 0.5) is 0 Å². The fourth-order valence-corrected chi connectivity index (χ4v) is 3.08. The van der Waals surface area contributed by atoms with E-state index >= 15 is 0 Å². The lowest BCUT2D eigenvalue weighted by Crippen LogP contribution is -1.94. The van der Waals surface area contributed by atoms with Gasteiger partial charge in [0.15, 0.2) is 5.78 Å². The van der Waals surface area contributed by atoms with Crippen molar-refractivity contribution in [3.05, 3.63) is 96.0 Å². The minimum Gasteiger partial charge on any atom is -0.289 e. The Bertz CT molecular complexity index is 1150. The average Bonchev–Trinajstić information content (AvgIpc) is 3.34. The highest BCUT2D eigenvalue weighted by Gasteiger charge is 2.13. The van der Waals surface area contributed by atoms with Crippen molar-refractivity contribution in [2.45, 2.75) is 6.92 Å². The molecule has 0 saturated carbocycles. The molecule has 0 saturated heterocycles. The third-order valence-corrected chi connectivity index (χ3v) is 4.57. The van der Waals surface area contributed by atoms with Crippen LogP contribution >= 0.6 is 0 Å². The summed E-state index contributed by atoms with van der Waals surface area (Å²) in [7, 11) is 1.79. The molecule has 4 rings (SSSR count). The number of para-hydroxylation sites is 1. The number of hydrogen-bond donors (Lipinski definition) is 0. The summed E-state index contributed by atoms with van der Waals surface area (Å²) in [4.78, 5) is 12.5. The van der Waals surface area contributed by atoms with E-state index in [4.69, 9.17) is 5.10 Å². The number of hydrogen-bond acceptors (Lipinski definition) is 3. The van der Waals surface area contributed by atoms with Crippen molar-refractivity contribution in [2.75, 3.05) is 0 Å². The van der Waals surface area contributed by atoms with E-state index in [1.165, 1.54) is 0 Å². The van der Waals surface area contributed by atoms with Gasteiger partial charge in [0.05, 0.1) is 17.4 Å². The number of carbonyl (C=O) groups excluding carboxylic acids is 1. The Labute approximate surface area is 163 Å². The molecule has 0 radical (unpaired) electrons. The fraction of sp³-hybridized carbons (Fsp3) is 0.0870. The van der Waals surface area contributed by atoms with Crippen LogP contribution < -0.4 is 0 Å². The summed E-state index contributed by atoms with van der Waals surface area (Å²) in [6.07, 6.45) is 8.63. The van der Waals surface area contributed by atoms with Gasteiger partial charge in [0.1, 0.15) is 5.69 Å². The molecule has 0 N–H and O–H groups in total. The van der Waals surface area contributed by atoms with Crippen LogP contribution in [-0.4, -0.2) is 25.3 Å². The molecule has 0 bridgehead atoms. The summed E-state index contributed by atoms with van der Waals surface area (Å²) in [6.45, 7) is 2.06. The molecular weight excluding hydrogens is 348 g/mol. The van der Waals surface area contributed by atoms with Gasteiger partial charge in [-0.25, -0.2) is 4.68 Å². The molecule has 0 aliphatic heterocycles. The summed E-state index contributed by atoms with van der Waals surface area (Å²) in [5.74, 6) is -0.0868. The second kappa shape index (κ2) is 7.48. The molecule has 0 aliphatic carbocycles. The smallest absolute Gasteiger partial charge is 0.189 e. The molecule has 4 aromatic rings. The van der Waals surface area contributed by atoms with E-state index in [1.807, 2.05) is 65.5 Å². The summed E-state index contributed by atoms with van der Waals surface area (Å²) in [5.41, 5.74) is 5.44. The van der Waals surface area contributed by atoms with Crippen molar-refractivity contribution >= 4 is 11.9 Å². The van der Waals surface area contributed by atoms with E-state index in [1.54, 1.807) is 30.2 Å². The lowest BCUT2D eigenvalue weighted by molar-refractivity contribution is 0.104. The van der Waals surface area contributed by atoms with E-state index in [2.05, 4.69) is 18.1 Å². The third-order valence-electron chi connectivity index (χ3n) is 4.57. The largest absolute Gasteiger partial charge is 0.289 e. The highest BCUT2D eigenvalue weighted by molar-refractivity contribution is 6.06. The van der Waals surface area contributed by atoms with Gasteiger partial charge in [-0.15, -0.1) is 0 Å². The molecule has 0 unspecified atom stereocenters. The predicted octanol–water partition coefficient (Wildman–Crippen LogP) is 4.48. The Morgan fingerprint density at radius 2 is 1.75 bits per heavy atom. The van der Waals surface area contributed by atoms with Crippen LogP contribution in [0, 0.1) is 6.92 Å². The Morgan fingerprint density at radius 1 is 1.00 bits per heavy atom. The van der Waals surface area contributed by atoms with Crippen molar-refractivity contribution in [3.63, 3.8) is 0 Å². The molecule has 0 aliphatic rings. The van der Waals surface area contributed by atoms with Gasteiger partial charge in [-0.05, 0) is 36.8 Å². The van der Waals surface area contributed by atoms with Crippen LogP contribution in [0.5, 0.6) is 0 Å². The van der Waals surface area contributed by atoms with E-state index in [-0.39, 0.29) is 5.78 Å². The van der Waals surface area contributed by atoms with Crippen molar-refractivity contribution in [2.24, 2.45) is 7.05 Å². The lowest BCUT2D eigenvalue weighted by atomic mass is 10.0. The molecule has 0 spiro atoms. The molecule has 5 heteroatoms. The Morgan fingerprint density at radius 3 is 2.46 bits per heavy atom. The second-order valence-corrected chi connectivity index (χ2v) is 6.63. The number of allylic oxidation sites excluding steroid dienone is 1.